The second kappa shape index (κ2) is 4.42. The van der Waals surface area contributed by atoms with Crippen LogP contribution in [0.1, 0.15) is 25.0 Å². The lowest BCUT2D eigenvalue weighted by molar-refractivity contribution is 0.854. The molecule has 0 saturated heterocycles. The monoisotopic (exact) mass is 196 g/mol. The number of nitrogens with two attached hydrogens (primary N) is 1. The first-order chi connectivity index (χ1) is 6.11. The third-order valence-electron chi connectivity index (χ3n) is 1.99. The zero-order chi connectivity index (χ0) is 9.84. The van der Waals surface area contributed by atoms with Crippen molar-refractivity contribution in [3.8, 4) is 0 Å². The molecule has 0 amide bonds. The quantitative estimate of drug-likeness (QED) is 0.585. The molecule has 0 aromatic carbocycles. The molecule has 0 aliphatic rings. The van der Waals surface area contributed by atoms with E-state index in [4.69, 9.17) is 5.73 Å². The number of rotatable bonds is 3. The molecule has 1 rings (SSSR count). The van der Waals surface area contributed by atoms with Gasteiger partial charge in [0.05, 0.1) is 12.4 Å². The lowest BCUT2D eigenvalue weighted by Crippen LogP contribution is -2.18. The summed E-state index contributed by atoms with van der Waals surface area (Å²) in [5.74, 6) is 1.09. The Kier molecular flexibility index (Phi) is 3.48. The Morgan fingerprint density at radius 1 is 1.54 bits per heavy atom. The van der Waals surface area contributed by atoms with E-state index >= 15 is 0 Å². The van der Waals surface area contributed by atoms with E-state index in [-0.39, 0.29) is 0 Å². The van der Waals surface area contributed by atoms with E-state index in [1.54, 1.807) is 11.3 Å². The second-order valence-corrected chi connectivity index (χ2v) is 4.22. The van der Waals surface area contributed by atoms with Crippen molar-refractivity contribution in [3.63, 3.8) is 0 Å². The lowest BCUT2D eigenvalue weighted by atomic mass is 10.2. The van der Waals surface area contributed by atoms with Crippen LogP contribution in [0.15, 0.2) is 15.8 Å². The van der Waals surface area contributed by atoms with Gasteiger partial charge < -0.3 is 5.73 Å². The number of hydrogen-bond acceptors (Lipinski definition) is 2. The third-order valence-corrected chi connectivity index (χ3v) is 2.90. The molecule has 1 aromatic rings. The number of aliphatic imine (C=N–C) groups is 1. The van der Waals surface area contributed by atoms with E-state index in [1.807, 2.05) is 0 Å². The highest BCUT2D eigenvalue weighted by molar-refractivity contribution is 7.08. The summed E-state index contributed by atoms with van der Waals surface area (Å²) in [7, 11) is 0. The molecule has 0 unspecified atom stereocenters. The molecule has 0 bridgehead atoms. The van der Waals surface area contributed by atoms with Crippen molar-refractivity contribution in [2.75, 3.05) is 0 Å². The van der Waals surface area contributed by atoms with Crippen molar-refractivity contribution in [2.24, 2.45) is 16.6 Å². The van der Waals surface area contributed by atoms with Gasteiger partial charge >= 0.3 is 0 Å². The fourth-order valence-electron chi connectivity index (χ4n) is 0.908. The van der Waals surface area contributed by atoms with Crippen LogP contribution in [0.4, 0.5) is 0 Å². The van der Waals surface area contributed by atoms with Crippen molar-refractivity contribution in [2.45, 2.75) is 27.3 Å². The Hall–Kier alpha value is -0.830. The molecule has 2 nitrogen and oxygen atoms in total. The fraction of sp³-hybridized carbons (Fsp3) is 0.500. The maximum atomic E-state index is 5.74. The van der Waals surface area contributed by atoms with Gasteiger partial charge in [-0.2, -0.15) is 11.3 Å². The predicted octanol–water partition coefficient (Wildman–Crippen LogP) is 2.57. The number of thiophene rings is 1. The summed E-state index contributed by atoms with van der Waals surface area (Å²) < 4.78 is 0. The highest BCUT2D eigenvalue weighted by atomic mass is 32.1. The van der Waals surface area contributed by atoms with Crippen molar-refractivity contribution in [3.05, 3.63) is 21.9 Å². The van der Waals surface area contributed by atoms with Gasteiger partial charge in [0.25, 0.3) is 0 Å². The zero-order valence-electron chi connectivity index (χ0n) is 8.37. The lowest BCUT2D eigenvalue weighted by Gasteiger charge is -2.03. The molecule has 0 atom stereocenters. The summed E-state index contributed by atoms with van der Waals surface area (Å²) in [5.41, 5.74) is 8.33. The average molecular weight is 196 g/mol. The van der Waals surface area contributed by atoms with Gasteiger partial charge in [0.1, 0.15) is 0 Å². The van der Waals surface area contributed by atoms with Crippen LogP contribution in [0.5, 0.6) is 0 Å². The number of amidine groups is 1. The molecule has 0 radical (unpaired) electrons. The highest BCUT2D eigenvalue weighted by Gasteiger charge is 2.00. The molecule has 0 saturated carbocycles. The van der Waals surface area contributed by atoms with Crippen molar-refractivity contribution < 1.29 is 0 Å². The number of aryl methyl sites for hydroxylation is 1. The van der Waals surface area contributed by atoms with E-state index in [9.17, 15) is 0 Å². The van der Waals surface area contributed by atoms with Gasteiger partial charge in [-0.05, 0) is 28.8 Å². The molecular weight excluding hydrogens is 180 g/mol. The molecule has 0 spiro atoms. The summed E-state index contributed by atoms with van der Waals surface area (Å²) in [4.78, 5) is 4.33. The Balaban J connectivity index is 2.61. The Labute approximate surface area is 83.5 Å². The summed E-state index contributed by atoms with van der Waals surface area (Å²) in [6.07, 6.45) is 0. The molecule has 0 aliphatic heterocycles. The molecule has 1 heterocycles. The van der Waals surface area contributed by atoms with Crippen LogP contribution in [-0.2, 0) is 6.54 Å². The summed E-state index contributed by atoms with van der Waals surface area (Å²) >= 11 is 1.72. The minimum absolute atomic E-state index is 0.346. The SMILES string of the molecule is Cc1cscc1CN=C(N)C(C)C. The fourth-order valence-corrected chi connectivity index (χ4v) is 1.76. The van der Waals surface area contributed by atoms with Crippen molar-refractivity contribution in [1.29, 1.82) is 0 Å². The average Bonchev–Trinajstić information content (AvgIpc) is 2.47. The van der Waals surface area contributed by atoms with Crippen LogP contribution in [0.25, 0.3) is 0 Å². The molecule has 0 fully saturated rings. The van der Waals surface area contributed by atoms with Crippen LogP contribution in [0.3, 0.4) is 0 Å². The van der Waals surface area contributed by atoms with Gasteiger partial charge in [0.15, 0.2) is 0 Å². The molecular formula is C10H16N2S. The van der Waals surface area contributed by atoms with E-state index in [0.717, 1.165) is 12.4 Å². The van der Waals surface area contributed by atoms with Crippen LogP contribution < -0.4 is 5.73 Å². The van der Waals surface area contributed by atoms with Crippen molar-refractivity contribution >= 4 is 17.2 Å². The maximum absolute atomic E-state index is 5.74. The van der Waals surface area contributed by atoms with E-state index < -0.39 is 0 Å². The minimum Gasteiger partial charge on any atom is -0.387 e. The standard InChI is InChI=1S/C10H16N2S/c1-7(2)10(11)12-4-9-6-13-5-8(9)3/h5-7H,4H2,1-3H3,(H2,11,12). The molecule has 3 heteroatoms. The normalized spacial score (nSPS) is 12.5. The molecule has 0 aliphatic carbocycles. The predicted molar refractivity (Wildman–Crippen MR) is 59.2 cm³/mol. The third kappa shape index (κ3) is 2.84. The molecule has 2 N–H and O–H groups in total. The largest absolute Gasteiger partial charge is 0.387 e. The number of nitrogens with zero attached hydrogens (tertiary/aromatic N) is 1. The van der Waals surface area contributed by atoms with E-state index in [1.165, 1.54) is 11.1 Å². The minimum atomic E-state index is 0.346. The first-order valence-corrected chi connectivity index (χ1v) is 5.37. The summed E-state index contributed by atoms with van der Waals surface area (Å²) in [5, 5.41) is 4.27. The molecule has 72 valence electrons. The molecule has 13 heavy (non-hydrogen) atoms. The maximum Gasteiger partial charge on any atom is 0.0966 e. The second-order valence-electron chi connectivity index (χ2n) is 3.48. The molecule has 1 aromatic heterocycles. The first kappa shape index (κ1) is 10.3. The smallest absolute Gasteiger partial charge is 0.0966 e. The summed E-state index contributed by atoms with van der Waals surface area (Å²) in [6.45, 7) is 6.94. The topological polar surface area (TPSA) is 38.4 Å². The number of hydrogen-bond donors (Lipinski definition) is 1. The highest BCUT2D eigenvalue weighted by Crippen LogP contribution is 2.14. The van der Waals surface area contributed by atoms with Gasteiger partial charge in [-0.1, -0.05) is 13.8 Å². The summed E-state index contributed by atoms with van der Waals surface area (Å²) in [6, 6.07) is 0. The van der Waals surface area contributed by atoms with Crippen molar-refractivity contribution in [1.82, 2.24) is 0 Å². The Morgan fingerprint density at radius 3 is 2.69 bits per heavy atom. The van der Waals surface area contributed by atoms with Gasteiger partial charge in [0, 0.05) is 5.92 Å². The Bertz CT molecular complexity index is 300. The van der Waals surface area contributed by atoms with Crippen LogP contribution in [0.2, 0.25) is 0 Å². The van der Waals surface area contributed by atoms with Crippen LogP contribution >= 0.6 is 11.3 Å². The van der Waals surface area contributed by atoms with Gasteiger partial charge in [-0.3, -0.25) is 4.99 Å². The van der Waals surface area contributed by atoms with Gasteiger partial charge in [-0.25, -0.2) is 0 Å². The van der Waals surface area contributed by atoms with E-state index in [0.29, 0.717) is 5.92 Å². The zero-order valence-corrected chi connectivity index (χ0v) is 9.19. The Morgan fingerprint density at radius 2 is 2.23 bits per heavy atom. The first-order valence-electron chi connectivity index (χ1n) is 4.42. The van der Waals surface area contributed by atoms with E-state index in [2.05, 4.69) is 36.5 Å². The van der Waals surface area contributed by atoms with Gasteiger partial charge in [0.2, 0.25) is 0 Å². The van der Waals surface area contributed by atoms with Gasteiger partial charge in [-0.15, -0.1) is 0 Å². The van der Waals surface area contributed by atoms with Crippen LogP contribution in [-0.4, -0.2) is 5.84 Å². The van der Waals surface area contributed by atoms with Crippen LogP contribution in [0, 0.1) is 12.8 Å².